The normalized spacial score (nSPS) is 10.9. The highest BCUT2D eigenvalue weighted by Crippen LogP contribution is 2.27. The summed E-state index contributed by atoms with van der Waals surface area (Å²) < 4.78 is 5.24. The summed E-state index contributed by atoms with van der Waals surface area (Å²) in [4.78, 5) is 13.6. The molecule has 1 amide bonds. The van der Waals surface area contributed by atoms with Crippen molar-refractivity contribution < 1.29 is 9.32 Å². The van der Waals surface area contributed by atoms with Gasteiger partial charge in [-0.3, -0.25) is 4.79 Å². The molecule has 3 rings (SSSR count). The monoisotopic (exact) mass is 366 g/mol. The zero-order valence-corrected chi connectivity index (χ0v) is 16.0. The number of aryl methyl sites for hydroxylation is 1. The molecule has 0 bridgehead atoms. The molecule has 2 aromatic carbocycles. The Kier molecular flexibility index (Phi) is 5.78. The SMILES string of the molecule is Cc1cc(CSc2ccccc2C(=O)Nc2ccc(C(C)C)cc2)on1. The second-order valence-corrected chi connectivity index (χ2v) is 7.47. The Morgan fingerprint density at radius 2 is 1.88 bits per heavy atom. The lowest BCUT2D eigenvalue weighted by Gasteiger charge is -2.11. The van der Waals surface area contributed by atoms with Crippen LogP contribution in [0.1, 0.15) is 47.1 Å². The number of hydrogen-bond acceptors (Lipinski definition) is 4. The molecule has 0 atom stereocenters. The highest BCUT2D eigenvalue weighted by molar-refractivity contribution is 7.98. The van der Waals surface area contributed by atoms with Crippen molar-refractivity contribution in [3.63, 3.8) is 0 Å². The van der Waals surface area contributed by atoms with Gasteiger partial charge in [-0.2, -0.15) is 0 Å². The number of benzene rings is 2. The molecule has 3 aromatic rings. The molecule has 0 unspecified atom stereocenters. The Bertz CT molecular complexity index is 885. The molecule has 0 fully saturated rings. The van der Waals surface area contributed by atoms with Crippen LogP contribution in [0.15, 0.2) is 64.0 Å². The number of hydrogen-bond donors (Lipinski definition) is 1. The van der Waals surface area contributed by atoms with Gasteiger partial charge in [0.1, 0.15) is 5.76 Å². The number of thioether (sulfide) groups is 1. The van der Waals surface area contributed by atoms with Gasteiger partial charge in [-0.1, -0.05) is 43.3 Å². The van der Waals surface area contributed by atoms with Crippen LogP contribution in [0.25, 0.3) is 0 Å². The fourth-order valence-electron chi connectivity index (χ4n) is 2.56. The van der Waals surface area contributed by atoms with Gasteiger partial charge in [0.2, 0.25) is 0 Å². The van der Waals surface area contributed by atoms with Crippen LogP contribution in [0.5, 0.6) is 0 Å². The van der Waals surface area contributed by atoms with Crippen LogP contribution in [0, 0.1) is 6.92 Å². The van der Waals surface area contributed by atoms with E-state index >= 15 is 0 Å². The fourth-order valence-corrected chi connectivity index (χ4v) is 3.49. The maximum Gasteiger partial charge on any atom is 0.256 e. The molecule has 0 saturated carbocycles. The second kappa shape index (κ2) is 8.23. The molecule has 134 valence electrons. The third kappa shape index (κ3) is 4.55. The lowest BCUT2D eigenvalue weighted by molar-refractivity contribution is 0.102. The predicted molar refractivity (Wildman–Crippen MR) is 106 cm³/mol. The number of amides is 1. The van der Waals surface area contributed by atoms with Crippen LogP contribution < -0.4 is 5.32 Å². The van der Waals surface area contributed by atoms with Crippen molar-refractivity contribution in [2.24, 2.45) is 0 Å². The van der Waals surface area contributed by atoms with E-state index in [1.807, 2.05) is 61.5 Å². The molecule has 1 heterocycles. The second-order valence-electron chi connectivity index (χ2n) is 6.45. The minimum Gasteiger partial charge on any atom is -0.360 e. The van der Waals surface area contributed by atoms with Gasteiger partial charge in [-0.25, -0.2) is 0 Å². The molecular weight excluding hydrogens is 344 g/mol. The van der Waals surface area contributed by atoms with E-state index in [0.29, 0.717) is 17.2 Å². The van der Waals surface area contributed by atoms with E-state index in [1.54, 1.807) is 11.8 Å². The summed E-state index contributed by atoms with van der Waals surface area (Å²) in [5.41, 5.74) is 3.56. The zero-order chi connectivity index (χ0) is 18.5. The average Bonchev–Trinajstić information content (AvgIpc) is 3.06. The Balaban J connectivity index is 1.70. The first-order valence-electron chi connectivity index (χ1n) is 8.58. The first-order chi connectivity index (χ1) is 12.5. The van der Waals surface area contributed by atoms with Gasteiger partial charge in [0.15, 0.2) is 0 Å². The van der Waals surface area contributed by atoms with Gasteiger partial charge in [0, 0.05) is 16.6 Å². The molecule has 0 aliphatic carbocycles. The topological polar surface area (TPSA) is 55.1 Å². The van der Waals surface area contributed by atoms with E-state index in [-0.39, 0.29) is 5.91 Å². The zero-order valence-electron chi connectivity index (χ0n) is 15.2. The highest BCUT2D eigenvalue weighted by atomic mass is 32.2. The third-order valence-electron chi connectivity index (χ3n) is 4.01. The summed E-state index contributed by atoms with van der Waals surface area (Å²) in [6, 6.07) is 17.5. The molecule has 0 radical (unpaired) electrons. The quantitative estimate of drug-likeness (QED) is 0.573. The van der Waals surface area contributed by atoms with Crippen LogP contribution in [-0.2, 0) is 5.75 Å². The summed E-state index contributed by atoms with van der Waals surface area (Å²) in [7, 11) is 0. The van der Waals surface area contributed by atoms with E-state index in [9.17, 15) is 4.79 Å². The van der Waals surface area contributed by atoms with E-state index in [0.717, 1.165) is 22.0 Å². The predicted octanol–water partition coefficient (Wildman–Crippen LogP) is 5.65. The van der Waals surface area contributed by atoms with Crippen LogP contribution in [-0.4, -0.2) is 11.1 Å². The van der Waals surface area contributed by atoms with E-state index in [1.165, 1.54) is 5.56 Å². The maximum atomic E-state index is 12.7. The minimum absolute atomic E-state index is 0.112. The Labute approximate surface area is 158 Å². The largest absolute Gasteiger partial charge is 0.360 e. The number of carbonyl (C=O) groups excluding carboxylic acids is 1. The first-order valence-corrected chi connectivity index (χ1v) is 9.57. The van der Waals surface area contributed by atoms with Gasteiger partial charge in [0.25, 0.3) is 5.91 Å². The number of nitrogens with zero attached hydrogens (tertiary/aromatic N) is 1. The number of nitrogens with one attached hydrogen (secondary N) is 1. The van der Waals surface area contributed by atoms with Crippen LogP contribution in [0.2, 0.25) is 0 Å². The molecule has 26 heavy (non-hydrogen) atoms. The fraction of sp³-hybridized carbons (Fsp3) is 0.238. The van der Waals surface area contributed by atoms with Gasteiger partial charge in [-0.15, -0.1) is 11.8 Å². The summed E-state index contributed by atoms with van der Waals surface area (Å²) in [5, 5.41) is 6.87. The Morgan fingerprint density at radius 3 is 2.54 bits per heavy atom. The Morgan fingerprint density at radius 1 is 1.15 bits per heavy atom. The van der Waals surface area contributed by atoms with Gasteiger partial charge < -0.3 is 9.84 Å². The standard InChI is InChI=1S/C21H22N2O2S/c1-14(2)16-8-10-17(11-9-16)22-21(24)19-6-4-5-7-20(19)26-13-18-12-15(3)23-25-18/h4-12,14H,13H2,1-3H3,(H,22,24). The molecular formula is C21H22N2O2S. The summed E-state index contributed by atoms with van der Waals surface area (Å²) in [6.07, 6.45) is 0. The third-order valence-corrected chi connectivity index (χ3v) is 5.11. The number of aromatic nitrogens is 1. The molecule has 0 aliphatic rings. The maximum absolute atomic E-state index is 12.7. The van der Waals surface area contributed by atoms with Crippen molar-refractivity contribution in [1.29, 1.82) is 0 Å². The molecule has 1 aromatic heterocycles. The van der Waals surface area contributed by atoms with Crippen molar-refractivity contribution in [3.05, 3.63) is 77.2 Å². The molecule has 0 spiro atoms. The average molecular weight is 366 g/mol. The molecule has 1 N–H and O–H groups in total. The van der Waals surface area contributed by atoms with E-state index < -0.39 is 0 Å². The van der Waals surface area contributed by atoms with Gasteiger partial charge in [0.05, 0.1) is 17.0 Å². The number of anilines is 1. The van der Waals surface area contributed by atoms with Crippen LogP contribution in [0.4, 0.5) is 5.69 Å². The summed E-state index contributed by atoms with van der Waals surface area (Å²) in [6.45, 7) is 6.19. The molecule has 5 heteroatoms. The number of rotatable bonds is 6. The minimum atomic E-state index is -0.112. The molecule has 4 nitrogen and oxygen atoms in total. The van der Waals surface area contributed by atoms with E-state index in [4.69, 9.17) is 4.52 Å². The van der Waals surface area contributed by atoms with Gasteiger partial charge in [-0.05, 0) is 42.7 Å². The lowest BCUT2D eigenvalue weighted by Crippen LogP contribution is -2.13. The molecule has 0 aliphatic heterocycles. The van der Waals surface area contributed by atoms with E-state index in [2.05, 4.69) is 24.3 Å². The lowest BCUT2D eigenvalue weighted by atomic mass is 10.0. The van der Waals surface area contributed by atoms with Crippen LogP contribution in [0.3, 0.4) is 0 Å². The van der Waals surface area contributed by atoms with Crippen molar-refractivity contribution in [2.45, 2.75) is 37.3 Å². The van der Waals surface area contributed by atoms with Gasteiger partial charge >= 0.3 is 0 Å². The van der Waals surface area contributed by atoms with Crippen molar-refractivity contribution in [2.75, 3.05) is 5.32 Å². The van der Waals surface area contributed by atoms with Crippen molar-refractivity contribution in [1.82, 2.24) is 5.16 Å². The number of carbonyl (C=O) groups is 1. The van der Waals surface area contributed by atoms with Crippen LogP contribution >= 0.6 is 11.8 Å². The van der Waals surface area contributed by atoms with Crippen molar-refractivity contribution in [3.8, 4) is 0 Å². The summed E-state index contributed by atoms with van der Waals surface area (Å²) >= 11 is 1.56. The molecule has 0 saturated heterocycles. The summed E-state index contributed by atoms with van der Waals surface area (Å²) in [5.74, 6) is 1.79. The first kappa shape index (κ1) is 18.3. The Hall–Kier alpha value is -2.53. The smallest absolute Gasteiger partial charge is 0.256 e. The van der Waals surface area contributed by atoms with Crippen molar-refractivity contribution >= 4 is 23.4 Å². The highest BCUT2D eigenvalue weighted by Gasteiger charge is 2.13.